The maximum absolute atomic E-state index is 9.51. The molecule has 2 heteroatoms. The van der Waals surface area contributed by atoms with E-state index in [2.05, 4.69) is 5.32 Å². The molecular formula is C7H15NO. The van der Waals surface area contributed by atoms with E-state index >= 15 is 0 Å². The first-order chi connectivity index (χ1) is 4.21. The molecule has 1 aliphatic rings. The summed E-state index contributed by atoms with van der Waals surface area (Å²) in [7, 11) is 0. The van der Waals surface area contributed by atoms with Crippen molar-refractivity contribution in [3.05, 3.63) is 0 Å². The Labute approximate surface area is 56.3 Å². The van der Waals surface area contributed by atoms with E-state index in [0.717, 1.165) is 32.4 Å². The topological polar surface area (TPSA) is 32.3 Å². The highest BCUT2D eigenvalue weighted by Crippen LogP contribution is 2.17. The van der Waals surface area contributed by atoms with Crippen LogP contribution in [0.25, 0.3) is 0 Å². The molecule has 1 atom stereocenters. The number of hydrogen-bond acceptors (Lipinski definition) is 2. The van der Waals surface area contributed by atoms with Gasteiger partial charge in [-0.05, 0) is 39.3 Å². The van der Waals surface area contributed by atoms with Crippen LogP contribution in [0, 0.1) is 0 Å². The van der Waals surface area contributed by atoms with Crippen molar-refractivity contribution < 1.29 is 5.11 Å². The molecule has 1 fully saturated rings. The molecule has 0 aromatic heterocycles. The van der Waals surface area contributed by atoms with Gasteiger partial charge in [0.05, 0.1) is 5.60 Å². The van der Waals surface area contributed by atoms with Crippen molar-refractivity contribution in [3.8, 4) is 0 Å². The lowest BCUT2D eigenvalue weighted by Crippen LogP contribution is -2.25. The summed E-state index contributed by atoms with van der Waals surface area (Å²) < 4.78 is 0. The largest absolute Gasteiger partial charge is 0.390 e. The smallest absolute Gasteiger partial charge is 0.0632 e. The fourth-order valence-electron chi connectivity index (χ4n) is 1.20. The van der Waals surface area contributed by atoms with Gasteiger partial charge in [0.1, 0.15) is 0 Å². The van der Waals surface area contributed by atoms with E-state index in [-0.39, 0.29) is 0 Å². The zero-order chi connectivity index (χ0) is 6.74. The van der Waals surface area contributed by atoms with Gasteiger partial charge in [-0.15, -0.1) is 0 Å². The second kappa shape index (κ2) is 2.67. The molecule has 1 rings (SSSR count). The molecule has 0 saturated carbocycles. The molecule has 0 bridgehead atoms. The van der Waals surface area contributed by atoms with Crippen molar-refractivity contribution >= 4 is 0 Å². The van der Waals surface area contributed by atoms with Gasteiger partial charge < -0.3 is 10.4 Å². The summed E-state index contributed by atoms with van der Waals surface area (Å²) >= 11 is 0. The van der Waals surface area contributed by atoms with Gasteiger partial charge in [-0.1, -0.05) is 0 Å². The second-order valence-corrected chi connectivity index (χ2v) is 3.10. The van der Waals surface area contributed by atoms with E-state index in [0.29, 0.717) is 0 Å². The minimum Gasteiger partial charge on any atom is -0.390 e. The molecule has 1 saturated heterocycles. The molecule has 54 valence electrons. The van der Waals surface area contributed by atoms with Crippen LogP contribution in [0.5, 0.6) is 0 Å². The Balaban J connectivity index is 2.36. The summed E-state index contributed by atoms with van der Waals surface area (Å²) in [5.74, 6) is 0. The summed E-state index contributed by atoms with van der Waals surface area (Å²) in [5, 5.41) is 12.8. The van der Waals surface area contributed by atoms with Gasteiger partial charge in [-0.3, -0.25) is 0 Å². The third-order valence-electron chi connectivity index (χ3n) is 1.91. The molecule has 0 aliphatic carbocycles. The third kappa shape index (κ3) is 2.33. The summed E-state index contributed by atoms with van der Waals surface area (Å²) in [5.41, 5.74) is -0.399. The highest BCUT2D eigenvalue weighted by atomic mass is 16.3. The minimum atomic E-state index is -0.399. The maximum atomic E-state index is 9.51. The summed E-state index contributed by atoms with van der Waals surface area (Å²) in [6.45, 7) is 3.95. The van der Waals surface area contributed by atoms with Gasteiger partial charge >= 0.3 is 0 Å². The highest BCUT2D eigenvalue weighted by Gasteiger charge is 2.20. The summed E-state index contributed by atoms with van der Waals surface area (Å²) in [6, 6.07) is 0. The highest BCUT2D eigenvalue weighted by molar-refractivity contribution is 4.76. The van der Waals surface area contributed by atoms with Crippen molar-refractivity contribution in [2.24, 2.45) is 0 Å². The third-order valence-corrected chi connectivity index (χ3v) is 1.91. The van der Waals surface area contributed by atoms with Crippen LogP contribution in [0.3, 0.4) is 0 Å². The van der Waals surface area contributed by atoms with E-state index < -0.39 is 5.60 Å². The van der Waals surface area contributed by atoms with Gasteiger partial charge in [0.2, 0.25) is 0 Å². The van der Waals surface area contributed by atoms with Crippen molar-refractivity contribution in [2.45, 2.75) is 31.8 Å². The SMILES string of the molecule is C[C@]1(O)CCCNCC1. The number of hydrogen-bond donors (Lipinski definition) is 2. The number of nitrogens with one attached hydrogen (secondary N) is 1. The van der Waals surface area contributed by atoms with E-state index in [9.17, 15) is 5.11 Å². The predicted octanol–water partition coefficient (Wildman–Crippen LogP) is 0.511. The lowest BCUT2D eigenvalue weighted by molar-refractivity contribution is 0.0477. The van der Waals surface area contributed by atoms with E-state index in [1.807, 2.05) is 6.92 Å². The van der Waals surface area contributed by atoms with Crippen LogP contribution in [0.15, 0.2) is 0 Å². The van der Waals surface area contributed by atoms with Gasteiger partial charge in [-0.25, -0.2) is 0 Å². The van der Waals surface area contributed by atoms with Crippen LogP contribution < -0.4 is 5.32 Å². The molecular weight excluding hydrogens is 114 g/mol. The van der Waals surface area contributed by atoms with Crippen LogP contribution in [-0.4, -0.2) is 23.8 Å². The lowest BCUT2D eigenvalue weighted by atomic mass is 9.98. The van der Waals surface area contributed by atoms with Crippen LogP contribution in [0.2, 0.25) is 0 Å². The van der Waals surface area contributed by atoms with Crippen LogP contribution in [0.1, 0.15) is 26.2 Å². The summed E-state index contributed by atoms with van der Waals surface area (Å²) in [4.78, 5) is 0. The van der Waals surface area contributed by atoms with Crippen molar-refractivity contribution in [2.75, 3.05) is 13.1 Å². The molecule has 0 aromatic rings. The fourth-order valence-corrected chi connectivity index (χ4v) is 1.20. The molecule has 0 amide bonds. The molecule has 0 aromatic carbocycles. The molecule has 0 radical (unpaired) electrons. The average molecular weight is 129 g/mol. The molecule has 1 heterocycles. The molecule has 0 unspecified atom stereocenters. The first-order valence-electron chi connectivity index (χ1n) is 3.64. The average Bonchev–Trinajstić information content (AvgIpc) is 1.92. The Morgan fingerprint density at radius 1 is 1.33 bits per heavy atom. The Bertz CT molecular complexity index is 80.9. The second-order valence-electron chi connectivity index (χ2n) is 3.10. The van der Waals surface area contributed by atoms with Crippen molar-refractivity contribution in [1.29, 1.82) is 0 Å². The normalized spacial score (nSPS) is 38.0. The fraction of sp³-hybridized carbons (Fsp3) is 1.00. The van der Waals surface area contributed by atoms with Crippen LogP contribution in [-0.2, 0) is 0 Å². The van der Waals surface area contributed by atoms with E-state index in [1.165, 1.54) is 0 Å². The predicted molar refractivity (Wildman–Crippen MR) is 37.3 cm³/mol. The minimum absolute atomic E-state index is 0.399. The Kier molecular flexibility index (Phi) is 2.09. The number of rotatable bonds is 0. The molecule has 0 spiro atoms. The maximum Gasteiger partial charge on any atom is 0.0632 e. The Hall–Kier alpha value is -0.0800. The lowest BCUT2D eigenvalue weighted by Gasteiger charge is -2.19. The van der Waals surface area contributed by atoms with Crippen molar-refractivity contribution in [3.63, 3.8) is 0 Å². The molecule has 9 heavy (non-hydrogen) atoms. The molecule has 1 aliphatic heterocycles. The van der Waals surface area contributed by atoms with Crippen LogP contribution >= 0.6 is 0 Å². The van der Waals surface area contributed by atoms with Gasteiger partial charge in [-0.2, -0.15) is 0 Å². The quantitative estimate of drug-likeness (QED) is 0.499. The van der Waals surface area contributed by atoms with E-state index in [4.69, 9.17) is 0 Å². The molecule has 2 N–H and O–H groups in total. The van der Waals surface area contributed by atoms with E-state index in [1.54, 1.807) is 0 Å². The van der Waals surface area contributed by atoms with Gasteiger partial charge in [0.15, 0.2) is 0 Å². The van der Waals surface area contributed by atoms with Gasteiger partial charge in [0.25, 0.3) is 0 Å². The first-order valence-corrected chi connectivity index (χ1v) is 3.64. The monoisotopic (exact) mass is 129 g/mol. The van der Waals surface area contributed by atoms with Gasteiger partial charge in [0, 0.05) is 0 Å². The van der Waals surface area contributed by atoms with Crippen LogP contribution in [0.4, 0.5) is 0 Å². The Morgan fingerprint density at radius 3 is 2.89 bits per heavy atom. The number of aliphatic hydroxyl groups is 1. The van der Waals surface area contributed by atoms with Crippen molar-refractivity contribution in [1.82, 2.24) is 5.32 Å². The first kappa shape index (κ1) is 7.03. The standard InChI is InChI=1S/C7H15NO/c1-7(9)3-2-5-8-6-4-7/h8-9H,2-6H2,1H3/t7-/m0/s1. The zero-order valence-electron chi connectivity index (χ0n) is 5.98. The molecule has 2 nitrogen and oxygen atoms in total. The Morgan fingerprint density at radius 2 is 2.11 bits per heavy atom. The zero-order valence-corrected chi connectivity index (χ0v) is 5.98. The summed E-state index contributed by atoms with van der Waals surface area (Å²) in [6.07, 6.45) is 2.94.